The van der Waals surface area contributed by atoms with Gasteiger partial charge in [0.1, 0.15) is 5.75 Å². The van der Waals surface area contributed by atoms with Crippen LogP contribution in [0.15, 0.2) is 48.5 Å². The molecule has 2 amide bonds. The molecule has 0 saturated heterocycles. The molecule has 2 rings (SSSR count). The minimum absolute atomic E-state index is 0.144. The minimum atomic E-state index is -0.595. The first-order valence-corrected chi connectivity index (χ1v) is 8.49. The van der Waals surface area contributed by atoms with Crippen LogP contribution in [0.1, 0.15) is 29.8 Å². The normalized spacial score (nSPS) is 10.6. The number of para-hydroxylation sites is 1. The van der Waals surface area contributed by atoms with Crippen molar-refractivity contribution in [2.24, 2.45) is 0 Å². The lowest BCUT2D eigenvalue weighted by Crippen LogP contribution is -2.28. The smallest absolute Gasteiger partial charge is 0.259 e. The lowest BCUT2D eigenvalue weighted by Gasteiger charge is -2.16. The fourth-order valence-electron chi connectivity index (χ4n) is 2.28. The Kier molecular flexibility index (Phi) is 6.19. The van der Waals surface area contributed by atoms with Crippen molar-refractivity contribution in [1.29, 1.82) is 5.26 Å². The van der Waals surface area contributed by atoms with Crippen molar-refractivity contribution in [2.75, 3.05) is 26.0 Å². The van der Waals surface area contributed by atoms with Crippen LogP contribution in [0.4, 0.5) is 5.69 Å². The van der Waals surface area contributed by atoms with Crippen molar-refractivity contribution in [3.63, 3.8) is 0 Å². The summed E-state index contributed by atoms with van der Waals surface area (Å²) in [5.74, 6) is -0.191. The molecular formula is C21H23N3O3. The Morgan fingerprint density at radius 2 is 1.74 bits per heavy atom. The van der Waals surface area contributed by atoms with Gasteiger partial charge in [-0.05, 0) is 43.7 Å². The average Bonchev–Trinajstić information content (AvgIpc) is 2.66. The van der Waals surface area contributed by atoms with Crippen LogP contribution in [0.5, 0.6) is 5.75 Å². The molecule has 0 unspecified atom stereocenters. The van der Waals surface area contributed by atoms with Gasteiger partial charge in [0.25, 0.3) is 11.8 Å². The summed E-state index contributed by atoms with van der Waals surface area (Å²) in [5.41, 5.74) is 1.22. The summed E-state index contributed by atoms with van der Waals surface area (Å²) in [6.07, 6.45) is 0. The molecule has 1 N–H and O–H groups in total. The van der Waals surface area contributed by atoms with E-state index in [0.29, 0.717) is 17.0 Å². The predicted octanol–water partition coefficient (Wildman–Crippen LogP) is 3.21. The number of anilines is 1. The number of ether oxygens (including phenoxy) is 1. The van der Waals surface area contributed by atoms with E-state index in [9.17, 15) is 14.9 Å². The summed E-state index contributed by atoms with van der Waals surface area (Å²) in [6, 6.07) is 16.1. The van der Waals surface area contributed by atoms with Crippen LogP contribution in [0, 0.1) is 11.3 Å². The fourth-order valence-corrected chi connectivity index (χ4v) is 2.28. The maximum absolute atomic E-state index is 12.6. The first-order valence-electron chi connectivity index (χ1n) is 8.49. The monoisotopic (exact) mass is 365 g/mol. The Hall–Kier alpha value is -3.33. The molecule has 0 saturated carbocycles. The van der Waals surface area contributed by atoms with E-state index in [0.717, 1.165) is 5.56 Å². The topological polar surface area (TPSA) is 82.4 Å². The number of amides is 2. The third-order valence-electron chi connectivity index (χ3n) is 4.13. The van der Waals surface area contributed by atoms with Gasteiger partial charge in [-0.15, -0.1) is 0 Å². The van der Waals surface area contributed by atoms with Crippen molar-refractivity contribution < 1.29 is 14.3 Å². The van der Waals surface area contributed by atoms with Gasteiger partial charge in [-0.3, -0.25) is 9.59 Å². The Bertz CT molecular complexity index is 865. The maximum atomic E-state index is 12.6. The van der Waals surface area contributed by atoms with E-state index in [4.69, 9.17) is 4.74 Å². The Morgan fingerprint density at radius 3 is 2.33 bits per heavy atom. The van der Waals surface area contributed by atoms with Crippen LogP contribution in [-0.4, -0.2) is 37.4 Å². The van der Waals surface area contributed by atoms with Gasteiger partial charge in [0.2, 0.25) is 0 Å². The van der Waals surface area contributed by atoms with E-state index < -0.39 is 5.41 Å². The zero-order chi connectivity index (χ0) is 20.0. The lowest BCUT2D eigenvalue weighted by atomic mass is 9.86. The highest BCUT2D eigenvalue weighted by atomic mass is 16.5. The van der Waals surface area contributed by atoms with E-state index >= 15 is 0 Å². The molecule has 0 spiro atoms. The molecule has 0 aromatic heterocycles. The van der Waals surface area contributed by atoms with Crippen molar-refractivity contribution in [2.45, 2.75) is 19.3 Å². The summed E-state index contributed by atoms with van der Waals surface area (Å²) < 4.78 is 5.51. The first kappa shape index (κ1) is 20.0. The quantitative estimate of drug-likeness (QED) is 0.852. The largest absolute Gasteiger partial charge is 0.483 e. The molecule has 2 aromatic carbocycles. The van der Waals surface area contributed by atoms with Gasteiger partial charge >= 0.3 is 0 Å². The molecule has 2 aromatic rings. The molecule has 6 heteroatoms. The first-order chi connectivity index (χ1) is 12.7. The molecule has 6 nitrogen and oxygen atoms in total. The highest BCUT2D eigenvalue weighted by Crippen LogP contribution is 2.24. The number of nitriles is 1. The Labute approximate surface area is 159 Å². The molecule has 0 aliphatic heterocycles. The molecule has 140 valence electrons. The number of nitrogens with one attached hydrogen (secondary N) is 1. The van der Waals surface area contributed by atoms with Gasteiger partial charge in [0, 0.05) is 19.8 Å². The second kappa shape index (κ2) is 8.37. The van der Waals surface area contributed by atoms with E-state index in [2.05, 4.69) is 11.4 Å². The molecule has 0 radical (unpaired) electrons. The molecule has 0 heterocycles. The van der Waals surface area contributed by atoms with Crippen LogP contribution >= 0.6 is 0 Å². The highest BCUT2D eigenvalue weighted by Gasteiger charge is 2.19. The summed E-state index contributed by atoms with van der Waals surface area (Å²) in [6.45, 7) is 3.53. The van der Waals surface area contributed by atoms with Crippen molar-refractivity contribution in [1.82, 2.24) is 4.90 Å². The van der Waals surface area contributed by atoms with Gasteiger partial charge in [0.15, 0.2) is 6.61 Å². The van der Waals surface area contributed by atoms with Crippen molar-refractivity contribution in [3.05, 3.63) is 59.7 Å². The molecule has 0 aliphatic rings. The number of hydrogen-bond acceptors (Lipinski definition) is 4. The summed E-state index contributed by atoms with van der Waals surface area (Å²) in [4.78, 5) is 25.7. The zero-order valence-electron chi connectivity index (χ0n) is 15.9. The number of nitrogens with zero attached hydrogens (tertiary/aromatic N) is 2. The van der Waals surface area contributed by atoms with E-state index in [-0.39, 0.29) is 18.4 Å². The van der Waals surface area contributed by atoms with Crippen molar-refractivity contribution >= 4 is 17.5 Å². The van der Waals surface area contributed by atoms with E-state index in [1.165, 1.54) is 4.90 Å². The van der Waals surface area contributed by atoms with Gasteiger partial charge in [-0.25, -0.2) is 0 Å². The molecule has 0 aliphatic carbocycles. The summed E-state index contributed by atoms with van der Waals surface area (Å²) >= 11 is 0. The number of likely N-dealkylation sites (N-methyl/N-ethyl adjacent to an activating group) is 1. The van der Waals surface area contributed by atoms with E-state index in [1.807, 2.05) is 26.0 Å². The van der Waals surface area contributed by atoms with Crippen LogP contribution in [0.2, 0.25) is 0 Å². The molecule has 0 bridgehead atoms. The molecule has 27 heavy (non-hydrogen) atoms. The zero-order valence-corrected chi connectivity index (χ0v) is 15.9. The van der Waals surface area contributed by atoms with Crippen LogP contribution < -0.4 is 10.1 Å². The van der Waals surface area contributed by atoms with Crippen LogP contribution in [0.3, 0.4) is 0 Å². The van der Waals surface area contributed by atoms with Crippen LogP contribution in [-0.2, 0) is 10.2 Å². The van der Waals surface area contributed by atoms with Gasteiger partial charge in [-0.2, -0.15) is 5.26 Å². The minimum Gasteiger partial charge on any atom is -0.483 e. The van der Waals surface area contributed by atoms with E-state index in [1.54, 1.807) is 50.5 Å². The third kappa shape index (κ3) is 5.08. The standard InChI is InChI=1S/C21H23N3O3/c1-21(2,14-22)15-9-11-16(12-10-15)23-20(26)17-7-5-6-8-18(17)27-13-19(25)24(3)4/h5-12H,13H2,1-4H3,(H,23,26). The number of benzene rings is 2. The molecular weight excluding hydrogens is 342 g/mol. The number of carbonyl (C=O) groups excluding carboxylic acids is 2. The van der Waals surface area contributed by atoms with Gasteiger partial charge < -0.3 is 15.0 Å². The van der Waals surface area contributed by atoms with Gasteiger partial charge in [-0.1, -0.05) is 24.3 Å². The predicted molar refractivity (Wildman–Crippen MR) is 104 cm³/mol. The molecule has 0 fully saturated rings. The number of rotatable bonds is 6. The second-order valence-corrected chi connectivity index (χ2v) is 6.84. The van der Waals surface area contributed by atoms with Crippen LogP contribution in [0.25, 0.3) is 0 Å². The molecule has 0 atom stereocenters. The highest BCUT2D eigenvalue weighted by molar-refractivity contribution is 6.06. The average molecular weight is 365 g/mol. The summed E-state index contributed by atoms with van der Waals surface area (Å²) in [7, 11) is 3.28. The number of carbonyl (C=O) groups is 2. The van der Waals surface area contributed by atoms with Gasteiger partial charge in [0.05, 0.1) is 17.0 Å². The third-order valence-corrected chi connectivity index (χ3v) is 4.13. The Morgan fingerprint density at radius 1 is 1.11 bits per heavy atom. The maximum Gasteiger partial charge on any atom is 0.259 e. The van der Waals surface area contributed by atoms with Crippen molar-refractivity contribution in [3.8, 4) is 11.8 Å². The lowest BCUT2D eigenvalue weighted by molar-refractivity contribution is -0.130. The second-order valence-electron chi connectivity index (χ2n) is 6.84. The fraction of sp³-hybridized carbons (Fsp3) is 0.286. The Balaban J connectivity index is 2.12. The number of hydrogen-bond donors (Lipinski definition) is 1. The SMILES string of the molecule is CN(C)C(=O)COc1ccccc1C(=O)Nc1ccc(C(C)(C)C#N)cc1. The summed E-state index contributed by atoms with van der Waals surface area (Å²) in [5, 5.41) is 12.0.